The van der Waals surface area contributed by atoms with E-state index < -0.39 is 0 Å². The minimum atomic E-state index is 0.619. The van der Waals surface area contributed by atoms with E-state index >= 15 is 0 Å². The van der Waals surface area contributed by atoms with Gasteiger partial charge in [0.25, 0.3) is 0 Å². The lowest BCUT2D eigenvalue weighted by molar-refractivity contribution is 0.185. The van der Waals surface area contributed by atoms with Crippen molar-refractivity contribution in [3.05, 3.63) is 40.4 Å². The van der Waals surface area contributed by atoms with E-state index in [0.717, 1.165) is 41.9 Å². The van der Waals surface area contributed by atoms with E-state index in [2.05, 4.69) is 22.4 Å². The van der Waals surface area contributed by atoms with Crippen LogP contribution >= 0.6 is 34.7 Å². The summed E-state index contributed by atoms with van der Waals surface area (Å²) < 4.78 is 6.37. The van der Waals surface area contributed by atoms with Gasteiger partial charge in [0, 0.05) is 24.6 Å². The van der Waals surface area contributed by atoms with E-state index in [0.29, 0.717) is 11.1 Å². The van der Waals surface area contributed by atoms with Crippen LogP contribution in [0.4, 0.5) is 0 Å². The second-order valence-corrected chi connectivity index (χ2v) is 7.73. The number of nitrogens with zero attached hydrogens (tertiary/aromatic N) is 1. The van der Waals surface area contributed by atoms with Crippen LogP contribution in [0.25, 0.3) is 0 Å². The molecule has 3 rings (SSSR count). The van der Waals surface area contributed by atoms with Crippen LogP contribution < -0.4 is 5.32 Å². The first-order valence-corrected chi connectivity index (χ1v) is 8.99. The van der Waals surface area contributed by atoms with Crippen molar-refractivity contribution in [1.29, 1.82) is 0 Å². The molecule has 3 nitrogen and oxygen atoms in total. The number of rotatable bonds is 6. The molecule has 0 bridgehead atoms. The third kappa shape index (κ3) is 4.44. The zero-order valence-corrected chi connectivity index (χ0v) is 13.9. The fraction of sp³-hybridized carbons (Fsp3) is 0.400. The van der Waals surface area contributed by atoms with E-state index in [9.17, 15) is 0 Å². The van der Waals surface area contributed by atoms with Crippen LogP contribution in [0.3, 0.4) is 0 Å². The molecule has 1 aromatic heterocycles. The molecule has 0 radical (unpaired) electrons. The molecular weight excluding hydrogens is 324 g/mol. The van der Waals surface area contributed by atoms with Crippen molar-refractivity contribution >= 4 is 34.7 Å². The second kappa shape index (κ2) is 7.61. The summed E-state index contributed by atoms with van der Waals surface area (Å²) in [5.74, 6) is 0.634. The molecule has 1 N–H and O–H groups in total. The molecule has 2 aromatic rings. The van der Waals surface area contributed by atoms with E-state index in [4.69, 9.17) is 16.3 Å². The van der Waals surface area contributed by atoms with Gasteiger partial charge in [0.1, 0.15) is 5.15 Å². The summed E-state index contributed by atoms with van der Waals surface area (Å²) in [6, 6.07) is 10.2. The van der Waals surface area contributed by atoms with E-state index in [1.165, 1.54) is 4.90 Å². The molecule has 1 aliphatic rings. The average Bonchev–Trinajstić information content (AvgIpc) is 3.11. The molecule has 0 saturated carbocycles. The highest BCUT2D eigenvalue weighted by atomic mass is 35.5. The number of nitrogens with one attached hydrogen (secondary N) is 1. The van der Waals surface area contributed by atoms with Crippen LogP contribution in [-0.4, -0.2) is 24.7 Å². The number of aromatic nitrogens is 1. The van der Waals surface area contributed by atoms with Crippen LogP contribution in [0.1, 0.15) is 11.3 Å². The molecule has 0 amide bonds. The van der Waals surface area contributed by atoms with Gasteiger partial charge >= 0.3 is 0 Å². The topological polar surface area (TPSA) is 34.2 Å². The largest absolute Gasteiger partial charge is 0.381 e. The summed E-state index contributed by atoms with van der Waals surface area (Å²) in [4.78, 5) is 6.73. The smallest absolute Gasteiger partial charge is 0.156 e. The number of thiazole rings is 1. The van der Waals surface area contributed by atoms with Crippen LogP contribution in [-0.2, 0) is 11.3 Å². The number of hydrogen-bond acceptors (Lipinski definition) is 5. The van der Waals surface area contributed by atoms with Crippen LogP contribution in [0.15, 0.2) is 39.6 Å². The van der Waals surface area contributed by atoms with Crippen LogP contribution in [0.5, 0.6) is 0 Å². The first-order chi connectivity index (χ1) is 10.3. The highest BCUT2D eigenvalue weighted by Gasteiger charge is 2.16. The van der Waals surface area contributed by atoms with Gasteiger partial charge in [-0.25, -0.2) is 4.98 Å². The third-order valence-electron chi connectivity index (χ3n) is 3.32. The molecular formula is C15H17ClN2OS2. The lowest BCUT2D eigenvalue weighted by Crippen LogP contribution is -2.22. The quantitative estimate of drug-likeness (QED) is 0.859. The standard InChI is InChI=1S/C15H17ClN2OS2/c16-14-13(9-17-8-11-6-7-19-10-11)21-15(18-14)20-12-4-2-1-3-5-12/h1-5,11,17H,6-10H2/t11-/m1/s1. The van der Waals surface area contributed by atoms with Gasteiger partial charge in [0.15, 0.2) is 4.34 Å². The maximum Gasteiger partial charge on any atom is 0.156 e. The molecule has 0 aliphatic carbocycles. The minimum absolute atomic E-state index is 0.619. The van der Waals surface area contributed by atoms with Gasteiger partial charge in [-0.2, -0.15) is 0 Å². The van der Waals surface area contributed by atoms with Gasteiger partial charge in [-0.05, 0) is 24.5 Å². The maximum absolute atomic E-state index is 6.23. The Hall–Kier alpha value is -0.590. The highest BCUT2D eigenvalue weighted by Crippen LogP contribution is 2.34. The minimum Gasteiger partial charge on any atom is -0.381 e. The predicted molar refractivity (Wildman–Crippen MR) is 88.3 cm³/mol. The SMILES string of the molecule is Clc1nc(Sc2ccccc2)sc1CNC[C@H]1CCOC1. The maximum atomic E-state index is 6.23. The average molecular weight is 341 g/mol. The van der Waals surface area contributed by atoms with Crippen LogP contribution in [0, 0.1) is 5.92 Å². The van der Waals surface area contributed by atoms with Crippen LogP contribution in [0.2, 0.25) is 5.15 Å². The Labute approximate surface area is 138 Å². The molecule has 0 unspecified atom stereocenters. The predicted octanol–water partition coefficient (Wildman–Crippen LogP) is 4.07. The Morgan fingerprint density at radius 3 is 3.00 bits per heavy atom. The number of hydrogen-bond donors (Lipinski definition) is 1. The molecule has 0 spiro atoms. The normalized spacial score (nSPS) is 18.2. The summed E-state index contributed by atoms with van der Waals surface area (Å²) in [5, 5.41) is 4.08. The molecule has 112 valence electrons. The van der Waals surface area contributed by atoms with E-state index in [1.807, 2.05) is 18.2 Å². The van der Waals surface area contributed by atoms with Gasteiger partial charge in [0.05, 0.1) is 11.5 Å². The van der Waals surface area contributed by atoms with Crippen molar-refractivity contribution in [2.24, 2.45) is 5.92 Å². The molecule has 1 aliphatic heterocycles. The van der Waals surface area contributed by atoms with Crippen molar-refractivity contribution in [2.75, 3.05) is 19.8 Å². The van der Waals surface area contributed by atoms with Gasteiger partial charge in [-0.3, -0.25) is 0 Å². The Kier molecular flexibility index (Phi) is 5.55. The third-order valence-corrected chi connectivity index (χ3v) is 5.87. The molecule has 2 heterocycles. The van der Waals surface area contributed by atoms with Gasteiger partial charge < -0.3 is 10.1 Å². The summed E-state index contributed by atoms with van der Waals surface area (Å²) in [6.45, 7) is 3.53. The van der Waals surface area contributed by atoms with Crippen molar-refractivity contribution in [3.63, 3.8) is 0 Å². The Balaban J connectivity index is 1.54. The first-order valence-electron chi connectivity index (χ1n) is 6.98. The van der Waals surface area contributed by atoms with E-state index in [-0.39, 0.29) is 0 Å². The monoisotopic (exact) mass is 340 g/mol. The zero-order valence-electron chi connectivity index (χ0n) is 11.5. The van der Waals surface area contributed by atoms with Crippen molar-refractivity contribution < 1.29 is 4.74 Å². The fourth-order valence-corrected chi connectivity index (χ4v) is 4.60. The number of halogens is 1. The van der Waals surface area contributed by atoms with Crippen molar-refractivity contribution in [3.8, 4) is 0 Å². The fourth-order valence-electron chi connectivity index (χ4n) is 2.19. The molecule has 1 fully saturated rings. The number of ether oxygens (including phenoxy) is 1. The molecule has 21 heavy (non-hydrogen) atoms. The van der Waals surface area contributed by atoms with Crippen molar-refractivity contribution in [1.82, 2.24) is 10.3 Å². The Morgan fingerprint density at radius 1 is 1.38 bits per heavy atom. The molecule has 1 saturated heterocycles. The van der Waals surface area contributed by atoms with Gasteiger partial charge in [-0.1, -0.05) is 41.6 Å². The lowest BCUT2D eigenvalue weighted by Gasteiger charge is -2.07. The molecule has 1 atom stereocenters. The van der Waals surface area contributed by atoms with Gasteiger partial charge in [-0.15, -0.1) is 11.3 Å². The summed E-state index contributed by atoms with van der Waals surface area (Å²) in [7, 11) is 0. The summed E-state index contributed by atoms with van der Waals surface area (Å²) >= 11 is 9.55. The van der Waals surface area contributed by atoms with Crippen molar-refractivity contribution in [2.45, 2.75) is 22.2 Å². The summed E-state index contributed by atoms with van der Waals surface area (Å²) in [5.41, 5.74) is 0. The second-order valence-electron chi connectivity index (χ2n) is 4.97. The lowest BCUT2D eigenvalue weighted by atomic mass is 10.1. The molecule has 1 aromatic carbocycles. The van der Waals surface area contributed by atoms with E-state index in [1.54, 1.807) is 23.1 Å². The first kappa shape index (κ1) is 15.3. The Bertz CT molecular complexity index is 570. The Morgan fingerprint density at radius 2 is 2.24 bits per heavy atom. The molecule has 6 heteroatoms. The van der Waals surface area contributed by atoms with Gasteiger partial charge in [0.2, 0.25) is 0 Å². The zero-order chi connectivity index (χ0) is 14.5. The highest BCUT2D eigenvalue weighted by molar-refractivity contribution is 8.01. The summed E-state index contributed by atoms with van der Waals surface area (Å²) in [6.07, 6.45) is 1.15. The number of benzene rings is 1.